The molecule has 1 aliphatic heterocycles. The fraction of sp³-hybridized carbons (Fsp3) is 0.833. The van der Waals surface area contributed by atoms with E-state index in [1.165, 1.54) is 6.92 Å². The van der Waals surface area contributed by atoms with Crippen molar-refractivity contribution in [2.45, 2.75) is 31.3 Å². The van der Waals surface area contributed by atoms with Gasteiger partial charge in [-0.05, 0) is 6.92 Å². The van der Waals surface area contributed by atoms with Gasteiger partial charge < -0.3 is 20.1 Å². The number of cyclic esters (lactones) is 1. The highest BCUT2D eigenvalue weighted by Gasteiger charge is 2.44. The lowest BCUT2D eigenvalue weighted by Gasteiger charge is -2.15. The Labute approximate surface area is 63.2 Å². The van der Waals surface area contributed by atoms with E-state index in [1.807, 2.05) is 0 Å². The van der Waals surface area contributed by atoms with Crippen LogP contribution in [0.25, 0.3) is 0 Å². The van der Waals surface area contributed by atoms with Crippen molar-refractivity contribution in [2.75, 3.05) is 0 Å². The summed E-state index contributed by atoms with van der Waals surface area (Å²) in [7, 11) is 0. The molecule has 0 aromatic rings. The summed E-state index contributed by atoms with van der Waals surface area (Å²) in [6.45, 7) is 1.37. The molecule has 11 heavy (non-hydrogen) atoms. The second-order valence-electron chi connectivity index (χ2n) is 2.58. The van der Waals surface area contributed by atoms with E-state index >= 15 is 0 Å². The minimum atomic E-state index is -1.52. The van der Waals surface area contributed by atoms with Crippen molar-refractivity contribution < 1.29 is 24.9 Å². The Morgan fingerprint density at radius 3 is 2.27 bits per heavy atom. The Kier molecular flexibility index (Phi) is 2.12. The van der Waals surface area contributed by atoms with Gasteiger partial charge in [0.15, 0.2) is 12.2 Å². The van der Waals surface area contributed by atoms with E-state index in [0.29, 0.717) is 0 Å². The molecule has 0 spiro atoms. The summed E-state index contributed by atoms with van der Waals surface area (Å²) >= 11 is 0. The zero-order chi connectivity index (χ0) is 8.59. The molecular formula is C6H10O5. The summed E-state index contributed by atoms with van der Waals surface area (Å²) in [5, 5.41) is 26.8. The van der Waals surface area contributed by atoms with Gasteiger partial charge in [-0.1, -0.05) is 0 Å². The van der Waals surface area contributed by atoms with Crippen LogP contribution in [0, 0.1) is 0 Å². The first-order valence-corrected chi connectivity index (χ1v) is 3.28. The number of ether oxygens (including phenoxy) is 1. The van der Waals surface area contributed by atoms with Crippen molar-refractivity contribution in [3.8, 4) is 0 Å². The second-order valence-corrected chi connectivity index (χ2v) is 2.58. The molecule has 5 nitrogen and oxygen atoms in total. The lowest BCUT2D eigenvalue weighted by molar-refractivity contribution is -0.150. The molecule has 0 aromatic carbocycles. The van der Waals surface area contributed by atoms with E-state index in [1.54, 1.807) is 0 Å². The lowest BCUT2D eigenvalue weighted by atomic mass is 10.1. The summed E-state index contributed by atoms with van der Waals surface area (Å²) in [5.41, 5.74) is 0. The van der Waals surface area contributed by atoms with Gasteiger partial charge in [0.05, 0.1) is 6.10 Å². The van der Waals surface area contributed by atoms with Crippen LogP contribution in [0.5, 0.6) is 0 Å². The lowest BCUT2D eigenvalue weighted by Crippen LogP contribution is -2.37. The molecule has 0 unspecified atom stereocenters. The van der Waals surface area contributed by atoms with Crippen molar-refractivity contribution in [1.82, 2.24) is 0 Å². The van der Waals surface area contributed by atoms with Crippen LogP contribution in [0.1, 0.15) is 6.92 Å². The predicted molar refractivity (Wildman–Crippen MR) is 33.6 cm³/mol. The molecule has 0 radical (unpaired) electrons. The molecule has 1 fully saturated rings. The van der Waals surface area contributed by atoms with Crippen LogP contribution in [-0.4, -0.2) is 45.7 Å². The zero-order valence-electron chi connectivity index (χ0n) is 5.97. The third-order valence-electron chi connectivity index (χ3n) is 1.63. The van der Waals surface area contributed by atoms with Crippen molar-refractivity contribution in [3.05, 3.63) is 0 Å². The van der Waals surface area contributed by atoms with Crippen molar-refractivity contribution >= 4 is 5.97 Å². The van der Waals surface area contributed by atoms with E-state index in [2.05, 4.69) is 4.74 Å². The molecule has 1 aliphatic rings. The minimum absolute atomic E-state index is 0.886. The van der Waals surface area contributed by atoms with Gasteiger partial charge in [-0.2, -0.15) is 0 Å². The number of hydrogen-bond donors (Lipinski definition) is 3. The van der Waals surface area contributed by atoms with Gasteiger partial charge in [0.2, 0.25) is 0 Å². The Morgan fingerprint density at radius 2 is 2.09 bits per heavy atom. The fourth-order valence-electron chi connectivity index (χ4n) is 0.976. The Hall–Kier alpha value is -0.650. The van der Waals surface area contributed by atoms with E-state index in [9.17, 15) is 4.79 Å². The number of aliphatic hydroxyl groups excluding tert-OH is 3. The molecule has 4 atom stereocenters. The first-order chi connectivity index (χ1) is 5.04. The Balaban J connectivity index is 2.67. The zero-order valence-corrected chi connectivity index (χ0v) is 5.97. The summed E-state index contributed by atoms with van der Waals surface area (Å²) in [4.78, 5) is 10.6. The molecule has 0 aliphatic carbocycles. The topological polar surface area (TPSA) is 87.0 Å². The van der Waals surface area contributed by atoms with Crippen LogP contribution < -0.4 is 0 Å². The summed E-state index contributed by atoms with van der Waals surface area (Å²) < 4.78 is 4.46. The van der Waals surface area contributed by atoms with Crippen LogP contribution in [-0.2, 0) is 9.53 Å². The number of aliphatic hydroxyl groups is 3. The molecule has 0 aromatic heterocycles. The second kappa shape index (κ2) is 2.77. The first kappa shape index (κ1) is 8.45. The van der Waals surface area contributed by atoms with Crippen LogP contribution in [0.3, 0.4) is 0 Å². The highest BCUT2D eigenvalue weighted by Crippen LogP contribution is 2.18. The van der Waals surface area contributed by atoms with E-state index < -0.39 is 30.4 Å². The molecule has 0 bridgehead atoms. The number of esters is 1. The standard InChI is InChI=1S/C6H10O5/c1-2(7)5-3(8)4(9)6(10)11-5/h2-5,7-9H,1H3/t2-,3+,4+,5-/m0/s1. The minimum Gasteiger partial charge on any atom is -0.455 e. The SMILES string of the molecule is C[C@H](O)[C@@H]1OC(=O)[C@H](O)[C@H]1O. The molecule has 3 N–H and O–H groups in total. The molecule has 0 saturated carbocycles. The van der Waals surface area contributed by atoms with E-state index in [-0.39, 0.29) is 0 Å². The average Bonchev–Trinajstić information content (AvgIpc) is 2.17. The van der Waals surface area contributed by atoms with Crippen LogP contribution in [0.2, 0.25) is 0 Å². The summed E-state index contributed by atoms with van der Waals surface area (Å²) in [5.74, 6) is -0.886. The van der Waals surface area contributed by atoms with Gasteiger partial charge in [-0.3, -0.25) is 0 Å². The predicted octanol–water partition coefficient (Wildman–Crippen LogP) is -1.99. The molecule has 1 heterocycles. The average molecular weight is 162 g/mol. The van der Waals surface area contributed by atoms with Gasteiger partial charge >= 0.3 is 5.97 Å². The Morgan fingerprint density at radius 1 is 1.55 bits per heavy atom. The van der Waals surface area contributed by atoms with Crippen molar-refractivity contribution in [1.29, 1.82) is 0 Å². The summed E-state index contributed by atoms with van der Waals surface area (Å²) in [6, 6.07) is 0. The smallest absolute Gasteiger partial charge is 0.338 e. The number of hydrogen-bond acceptors (Lipinski definition) is 5. The maximum Gasteiger partial charge on any atom is 0.338 e. The van der Waals surface area contributed by atoms with Gasteiger partial charge in [0.25, 0.3) is 0 Å². The van der Waals surface area contributed by atoms with Crippen molar-refractivity contribution in [2.24, 2.45) is 0 Å². The number of rotatable bonds is 1. The van der Waals surface area contributed by atoms with Gasteiger partial charge in [0, 0.05) is 0 Å². The third kappa shape index (κ3) is 1.35. The Bertz CT molecular complexity index is 166. The third-order valence-corrected chi connectivity index (χ3v) is 1.63. The highest BCUT2D eigenvalue weighted by molar-refractivity contribution is 5.77. The first-order valence-electron chi connectivity index (χ1n) is 3.28. The molecule has 1 saturated heterocycles. The molecular weight excluding hydrogens is 152 g/mol. The largest absolute Gasteiger partial charge is 0.455 e. The quantitative estimate of drug-likeness (QED) is 0.389. The normalized spacial score (nSPS) is 40.4. The van der Waals surface area contributed by atoms with E-state index in [4.69, 9.17) is 15.3 Å². The van der Waals surface area contributed by atoms with Gasteiger partial charge in [-0.25, -0.2) is 4.79 Å². The van der Waals surface area contributed by atoms with Crippen LogP contribution in [0.15, 0.2) is 0 Å². The molecule has 1 rings (SSSR count). The molecule has 64 valence electrons. The number of carbonyl (C=O) groups is 1. The maximum atomic E-state index is 10.6. The van der Waals surface area contributed by atoms with E-state index in [0.717, 1.165) is 0 Å². The maximum absolute atomic E-state index is 10.6. The van der Waals surface area contributed by atoms with Gasteiger partial charge in [0.1, 0.15) is 6.10 Å². The van der Waals surface area contributed by atoms with Crippen LogP contribution >= 0.6 is 0 Å². The summed E-state index contributed by atoms with van der Waals surface area (Å²) in [6.07, 6.45) is -4.80. The number of carbonyl (C=O) groups excluding carboxylic acids is 1. The fourth-order valence-corrected chi connectivity index (χ4v) is 0.976. The molecule has 0 amide bonds. The van der Waals surface area contributed by atoms with Gasteiger partial charge in [-0.15, -0.1) is 0 Å². The highest BCUT2D eigenvalue weighted by atomic mass is 16.6. The molecule has 5 heteroatoms. The van der Waals surface area contributed by atoms with Crippen molar-refractivity contribution in [3.63, 3.8) is 0 Å². The monoisotopic (exact) mass is 162 g/mol. The van der Waals surface area contributed by atoms with Crippen LogP contribution in [0.4, 0.5) is 0 Å².